The van der Waals surface area contributed by atoms with E-state index >= 15 is 0 Å². The number of rotatable bonds is 5. The van der Waals surface area contributed by atoms with E-state index < -0.39 is 0 Å². The lowest BCUT2D eigenvalue weighted by molar-refractivity contribution is 0.204. The van der Waals surface area contributed by atoms with Gasteiger partial charge in [0.05, 0.1) is 13.2 Å². The summed E-state index contributed by atoms with van der Waals surface area (Å²) >= 11 is 0. The third-order valence-corrected chi connectivity index (χ3v) is 2.83. The Morgan fingerprint density at radius 3 is 2.47 bits per heavy atom. The number of ether oxygens (including phenoxy) is 1. The van der Waals surface area contributed by atoms with Crippen molar-refractivity contribution in [3.63, 3.8) is 0 Å². The Labute approximate surface area is 110 Å². The molecule has 0 aliphatic rings. The highest BCUT2D eigenvalue weighted by Crippen LogP contribution is 2.21. The van der Waals surface area contributed by atoms with Gasteiger partial charge in [0.25, 0.3) is 0 Å². The normalized spacial score (nSPS) is 12.1. The van der Waals surface area contributed by atoms with E-state index in [1.807, 2.05) is 0 Å². The second-order valence-corrected chi connectivity index (χ2v) is 4.24. The lowest BCUT2D eigenvalue weighted by Gasteiger charge is -2.15. The highest BCUT2D eigenvalue weighted by molar-refractivity contribution is 5.32. The van der Waals surface area contributed by atoms with Gasteiger partial charge in [0.15, 0.2) is 0 Å². The molecule has 100 valence electrons. The molecule has 2 aromatic carbocycles. The fourth-order valence-corrected chi connectivity index (χ4v) is 1.76. The van der Waals surface area contributed by atoms with Crippen molar-refractivity contribution in [3.8, 4) is 11.5 Å². The van der Waals surface area contributed by atoms with E-state index in [-0.39, 0.29) is 30.7 Å². The predicted molar refractivity (Wildman–Crippen MR) is 69.8 cm³/mol. The van der Waals surface area contributed by atoms with Crippen LogP contribution in [-0.2, 0) is 0 Å². The van der Waals surface area contributed by atoms with Gasteiger partial charge in [-0.05, 0) is 29.8 Å². The van der Waals surface area contributed by atoms with Crippen LogP contribution in [0.2, 0.25) is 0 Å². The maximum Gasteiger partial charge on any atom is 0.123 e. The fourth-order valence-electron chi connectivity index (χ4n) is 1.76. The van der Waals surface area contributed by atoms with Crippen molar-refractivity contribution in [3.05, 3.63) is 59.9 Å². The van der Waals surface area contributed by atoms with Crippen LogP contribution >= 0.6 is 0 Å². The minimum absolute atomic E-state index is 0.0928. The molecular formula is C15H15FO3. The number of phenols is 1. The Kier molecular flexibility index (Phi) is 4.36. The topological polar surface area (TPSA) is 49.7 Å². The lowest BCUT2D eigenvalue weighted by Crippen LogP contribution is -2.14. The van der Waals surface area contributed by atoms with Crippen LogP contribution in [0.25, 0.3) is 0 Å². The van der Waals surface area contributed by atoms with Gasteiger partial charge in [-0.3, -0.25) is 0 Å². The number of phenolic OH excluding ortho intramolecular Hbond substituents is 1. The number of benzene rings is 2. The molecule has 0 aliphatic heterocycles. The van der Waals surface area contributed by atoms with Gasteiger partial charge in [0.2, 0.25) is 0 Å². The maximum absolute atomic E-state index is 12.8. The van der Waals surface area contributed by atoms with Crippen molar-refractivity contribution >= 4 is 0 Å². The number of halogens is 1. The standard InChI is InChI=1S/C15H15FO3/c16-13-6-4-11(5-7-13)12(9-17)10-19-15-3-1-2-14(18)8-15/h1-8,12,17-18H,9-10H2. The number of aliphatic hydroxyl groups excluding tert-OH is 1. The largest absolute Gasteiger partial charge is 0.508 e. The molecule has 0 spiro atoms. The van der Waals surface area contributed by atoms with Crippen LogP contribution in [0, 0.1) is 5.82 Å². The van der Waals surface area contributed by atoms with E-state index in [0.717, 1.165) is 5.56 Å². The van der Waals surface area contributed by atoms with Crippen LogP contribution in [0.1, 0.15) is 11.5 Å². The summed E-state index contributed by atoms with van der Waals surface area (Å²) in [6, 6.07) is 12.4. The first kappa shape index (κ1) is 13.4. The number of aromatic hydroxyl groups is 1. The van der Waals surface area contributed by atoms with Crippen molar-refractivity contribution in [1.29, 1.82) is 0 Å². The SMILES string of the molecule is OCC(COc1cccc(O)c1)c1ccc(F)cc1. The molecule has 0 fully saturated rings. The predicted octanol–water partition coefficient (Wildman–Crippen LogP) is 2.69. The monoisotopic (exact) mass is 262 g/mol. The molecule has 0 radical (unpaired) electrons. The second kappa shape index (κ2) is 6.20. The number of hydrogen-bond donors (Lipinski definition) is 2. The average molecular weight is 262 g/mol. The molecule has 0 heterocycles. The van der Waals surface area contributed by atoms with Crippen LogP contribution in [0.4, 0.5) is 4.39 Å². The highest BCUT2D eigenvalue weighted by atomic mass is 19.1. The summed E-state index contributed by atoms with van der Waals surface area (Å²) in [5.74, 6) is 0.109. The molecule has 3 nitrogen and oxygen atoms in total. The van der Waals surface area contributed by atoms with Crippen molar-refractivity contribution in [2.75, 3.05) is 13.2 Å². The Hall–Kier alpha value is -2.07. The Morgan fingerprint density at radius 1 is 1.11 bits per heavy atom. The quantitative estimate of drug-likeness (QED) is 0.871. The first-order chi connectivity index (χ1) is 9.19. The summed E-state index contributed by atoms with van der Waals surface area (Å²) < 4.78 is 18.3. The van der Waals surface area contributed by atoms with Gasteiger partial charge in [-0.15, -0.1) is 0 Å². The van der Waals surface area contributed by atoms with Gasteiger partial charge < -0.3 is 14.9 Å². The molecule has 19 heavy (non-hydrogen) atoms. The van der Waals surface area contributed by atoms with Crippen LogP contribution in [-0.4, -0.2) is 23.4 Å². The first-order valence-electron chi connectivity index (χ1n) is 5.97. The molecule has 2 N–H and O–H groups in total. The molecular weight excluding hydrogens is 247 g/mol. The number of aliphatic hydroxyl groups is 1. The Bertz CT molecular complexity index is 525. The molecule has 0 amide bonds. The first-order valence-corrected chi connectivity index (χ1v) is 5.97. The number of hydrogen-bond acceptors (Lipinski definition) is 3. The highest BCUT2D eigenvalue weighted by Gasteiger charge is 2.11. The summed E-state index contributed by atoms with van der Waals surface area (Å²) in [6.07, 6.45) is 0. The zero-order valence-electron chi connectivity index (χ0n) is 10.3. The van der Waals surface area contributed by atoms with Gasteiger partial charge in [0.1, 0.15) is 17.3 Å². The molecule has 1 unspecified atom stereocenters. The van der Waals surface area contributed by atoms with Crippen LogP contribution in [0.5, 0.6) is 11.5 Å². The van der Waals surface area contributed by atoms with Crippen molar-refractivity contribution in [1.82, 2.24) is 0 Å². The van der Waals surface area contributed by atoms with Gasteiger partial charge in [-0.2, -0.15) is 0 Å². The molecule has 0 aromatic heterocycles. The van der Waals surface area contributed by atoms with E-state index in [9.17, 15) is 14.6 Å². The van der Waals surface area contributed by atoms with Crippen LogP contribution < -0.4 is 4.74 Å². The lowest BCUT2D eigenvalue weighted by atomic mass is 10.0. The van der Waals surface area contributed by atoms with Gasteiger partial charge in [-0.25, -0.2) is 4.39 Å². The van der Waals surface area contributed by atoms with Crippen molar-refractivity contribution < 1.29 is 19.3 Å². The fraction of sp³-hybridized carbons (Fsp3) is 0.200. The molecule has 0 saturated heterocycles. The van der Waals surface area contributed by atoms with Crippen molar-refractivity contribution in [2.45, 2.75) is 5.92 Å². The van der Waals surface area contributed by atoms with Crippen molar-refractivity contribution in [2.24, 2.45) is 0 Å². The summed E-state index contributed by atoms with van der Waals surface area (Å²) in [7, 11) is 0. The molecule has 0 bridgehead atoms. The van der Waals surface area contributed by atoms with E-state index in [0.29, 0.717) is 5.75 Å². The summed E-state index contributed by atoms with van der Waals surface area (Å²) in [4.78, 5) is 0. The van der Waals surface area contributed by atoms with E-state index in [2.05, 4.69) is 0 Å². The summed E-state index contributed by atoms with van der Waals surface area (Å²) in [5, 5.41) is 18.7. The smallest absolute Gasteiger partial charge is 0.123 e. The molecule has 4 heteroatoms. The zero-order valence-corrected chi connectivity index (χ0v) is 10.3. The molecule has 0 aliphatic carbocycles. The molecule has 2 aromatic rings. The molecule has 1 atom stereocenters. The minimum Gasteiger partial charge on any atom is -0.508 e. The summed E-state index contributed by atoms with van der Waals surface area (Å²) in [5.41, 5.74) is 0.809. The third kappa shape index (κ3) is 3.69. The molecule has 2 rings (SSSR count). The molecule has 0 saturated carbocycles. The third-order valence-electron chi connectivity index (χ3n) is 2.83. The van der Waals surface area contributed by atoms with Crippen LogP contribution in [0.15, 0.2) is 48.5 Å². The Balaban J connectivity index is 2.01. The maximum atomic E-state index is 12.8. The van der Waals surface area contributed by atoms with Crippen LogP contribution in [0.3, 0.4) is 0 Å². The van der Waals surface area contributed by atoms with E-state index in [1.54, 1.807) is 30.3 Å². The van der Waals surface area contributed by atoms with Gasteiger partial charge in [0, 0.05) is 12.0 Å². The summed E-state index contributed by atoms with van der Waals surface area (Å²) in [6.45, 7) is 0.163. The van der Waals surface area contributed by atoms with Gasteiger partial charge >= 0.3 is 0 Å². The van der Waals surface area contributed by atoms with E-state index in [4.69, 9.17) is 4.74 Å². The Morgan fingerprint density at radius 2 is 1.84 bits per heavy atom. The minimum atomic E-state index is -0.311. The van der Waals surface area contributed by atoms with E-state index in [1.165, 1.54) is 18.2 Å². The zero-order chi connectivity index (χ0) is 13.7. The van der Waals surface area contributed by atoms with Gasteiger partial charge in [-0.1, -0.05) is 18.2 Å². The second-order valence-electron chi connectivity index (χ2n) is 4.24. The average Bonchev–Trinajstić information content (AvgIpc) is 2.41.